The summed E-state index contributed by atoms with van der Waals surface area (Å²) in [5.41, 5.74) is -0.784. The number of nitrogens with zero attached hydrogens (tertiary/aromatic N) is 1. The molecule has 0 unspecified atom stereocenters. The minimum atomic E-state index is -1.04. The number of rotatable bonds is 4. The number of esters is 1. The standard InChI is InChI=1S/C14H21NO6/c1-6-19-10-8-9(12(17)20-7-2)15(11(10)16)13(18)21-14(3,4)5/h6,9-10H,1,7-8H2,2-5H3/t9-,10+/m0/s1. The van der Waals surface area contributed by atoms with E-state index in [2.05, 4.69) is 6.58 Å². The molecule has 0 bridgehead atoms. The maximum atomic E-state index is 12.2. The summed E-state index contributed by atoms with van der Waals surface area (Å²) in [4.78, 5) is 37.0. The molecule has 0 aliphatic carbocycles. The van der Waals surface area contributed by atoms with Crippen molar-refractivity contribution in [3.8, 4) is 0 Å². The lowest BCUT2D eigenvalue weighted by molar-refractivity contribution is -0.151. The third-order valence-electron chi connectivity index (χ3n) is 2.67. The first-order chi connectivity index (χ1) is 9.71. The molecule has 0 saturated carbocycles. The van der Waals surface area contributed by atoms with E-state index in [1.165, 1.54) is 0 Å². The molecule has 1 saturated heterocycles. The van der Waals surface area contributed by atoms with Gasteiger partial charge in [0.15, 0.2) is 6.10 Å². The summed E-state index contributed by atoms with van der Waals surface area (Å²) < 4.78 is 15.1. The van der Waals surface area contributed by atoms with Gasteiger partial charge in [0.05, 0.1) is 12.9 Å². The van der Waals surface area contributed by atoms with Crippen LogP contribution >= 0.6 is 0 Å². The summed E-state index contributed by atoms with van der Waals surface area (Å²) in [6, 6.07) is -1.04. The van der Waals surface area contributed by atoms with Crippen molar-refractivity contribution in [1.82, 2.24) is 4.90 Å². The van der Waals surface area contributed by atoms with Gasteiger partial charge in [-0.05, 0) is 27.7 Å². The van der Waals surface area contributed by atoms with Crippen molar-refractivity contribution in [1.29, 1.82) is 0 Å². The number of ether oxygens (including phenoxy) is 3. The minimum absolute atomic E-state index is 0.0168. The highest BCUT2D eigenvalue weighted by atomic mass is 16.6. The Hall–Kier alpha value is -2.05. The van der Waals surface area contributed by atoms with Gasteiger partial charge in [-0.2, -0.15) is 0 Å². The average molecular weight is 299 g/mol. The van der Waals surface area contributed by atoms with Crippen molar-refractivity contribution in [3.63, 3.8) is 0 Å². The second-order valence-corrected chi connectivity index (χ2v) is 5.48. The number of likely N-dealkylation sites (tertiary alicyclic amines) is 1. The third-order valence-corrected chi connectivity index (χ3v) is 2.67. The Morgan fingerprint density at radius 2 is 2.05 bits per heavy atom. The van der Waals surface area contributed by atoms with Crippen LogP contribution in [0.5, 0.6) is 0 Å². The molecule has 1 aliphatic heterocycles. The fourth-order valence-electron chi connectivity index (χ4n) is 1.92. The number of hydrogen-bond acceptors (Lipinski definition) is 6. The largest absolute Gasteiger partial charge is 0.489 e. The minimum Gasteiger partial charge on any atom is -0.489 e. The molecule has 0 N–H and O–H groups in total. The molecule has 21 heavy (non-hydrogen) atoms. The molecular formula is C14H21NO6. The third kappa shape index (κ3) is 4.21. The number of carbonyl (C=O) groups is 3. The maximum Gasteiger partial charge on any atom is 0.417 e. The van der Waals surface area contributed by atoms with Crippen LogP contribution in [0.1, 0.15) is 34.1 Å². The predicted octanol–water partition coefficient (Wildman–Crippen LogP) is 1.61. The van der Waals surface area contributed by atoms with Crippen molar-refractivity contribution in [3.05, 3.63) is 12.8 Å². The summed E-state index contributed by atoms with van der Waals surface area (Å²) >= 11 is 0. The molecule has 0 aromatic carbocycles. The second-order valence-electron chi connectivity index (χ2n) is 5.48. The van der Waals surface area contributed by atoms with Crippen molar-refractivity contribution >= 4 is 18.0 Å². The SMILES string of the molecule is C=CO[C@@H]1C[C@@H](C(=O)OCC)N(C(=O)OC(C)(C)C)C1=O. The van der Waals surface area contributed by atoms with E-state index in [9.17, 15) is 14.4 Å². The van der Waals surface area contributed by atoms with Crippen LogP contribution in [0.4, 0.5) is 4.79 Å². The van der Waals surface area contributed by atoms with Crippen LogP contribution in [0.3, 0.4) is 0 Å². The van der Waals surface area contributed by atoms with Gasteiger partial charge in [-0.3, -0.25) is 4.79 Å². The van der Waals surface area contributed by atoms with Crippen LogP contribution < -0.4 is 0 Å². The van der Waals surface area contributed by atoms with Gasteiger partial charge in [-0.25, -0.2) is 14.5 Å². The van der Waals surface area contributed by atoms with Crippen molar-refractivity contribution in [2.45, 2.75) is 51.9 Å². The zero-order valence-electron chi connectivity index (χ0n) is 12.8. The highest BCUT2D eigenvalue weighted by Gasteiger charge is 2.49. The van der Waals surface area contributed by atoms with Gasteiger partial charge in [0.25, 0.3) is 5.91 Å². The van der Waals surface area contributed by atoms with Crippen LogP contribution in [-0.2, 0) is 23.8 Å². The smallest absolute Gasteiger partial charge is 0.417 e. The van der Waals surface area contributed by atoms with Gasteiger partial charge in [0, 0.05) is 6.42 Å². The Kier molecular flexibility index (Phi) is 5.34. The van der Waals surface area contributed by atoms with E-state index < -0.39 is 35.7 Å². The van der Waals surface area contributed by atoms with E-state index in [4.69, 9.17) is 14.2 Å². The highest BCUT2D eigenvalue weighted by molar-refractivity contribution is 6.01. The molecule has 118 valence electrons. The van der Waals surface area contributed by atoms with Crippen LogP contribution in [0, 0.1) is 0 Å². The summed E-state index contributed by atoms with van der Waals surface area (Å²) in [7, 11) is 0. The fraction of sp³-hybridized carbons (Fsp3) is 0.643. The van der Waals surface area contributed by atoms with Crippen LogP contribution in [0.25, 0.3) is 0 Å². The Labute approximate surface area is 123 Å². The summed E-state index contributed by atoms with van der Waals surface area (Å²) in [5.74, 6) is -1.30. The molecule has 1 aliphatic rings. The first kappa shape index (κ1) is 17.0. The van der Waals surface area contributed by atoms with Gasteiger partial charge in [-0.15, -0.1) is 0 Å². The Morgan fingerprint density at radius 1 is 1.43 bits per heavy atom. The normalized spacial score (nSPS) is 21.9. The highest BCUT2D eigenvalue weighted by Crippen LogP contribution is 2.25. The molecule has 0 aromatic heterocycles. The number of imide groups is 1. The van der Waals surface area contributed by atoms with Gasteiger partial charge in [-0.1, -0.05) is 6.58 Å². The topological polar surface area (TPSA) is 82.1 Å². The lowest BCUT2D eigenvalue weighted by Gasteiger charge is -2.26. The van der Waals surface area contributed by atoms with Gasteiger partial charge in [0.2, 0.25) is 0 Å². The van der Waals surface area contributed by atoms with Crippen LogP contribution in [0.2, 0.25) is 0 Å². The predicted molar refractivity (Wildman–Crippen MR) is 73.2 cm³/mol. The zero-order valence-corrected chi connectivity index (χ0v) is 12.8. The molecule has 2 atom stereocenters. The van der Waals surface area contributed by atoms with E-state index in [-0.39, 0.29) is 13.0 Å². The first-order valence-corrected chi connectivity index (χ1v) is 6.70. The molecule has 7 heteroatoms. The lowest BCUT2D eigenvalue weighted by atomic mass is 10.2. The molecule has 1 rings (SSSR count). The molecule has 7 nitrogen and oxygen atoms in total. The number of amides is 2. The average Bonchev–Trinajstić information content (AvgIpc) is 2.66. The van der Waals surface area contributed by atoms with Crippen molar-refractivity contribution in [2.24, 2.45) is 0 Å². The Morgan fingerprint density at radius 3 is 2.52 bits per heavy atom. The molecule has 1 heterocycles. The monoisotopic (exact) mass is 299 g/mol. The first-order valence-electron chi connectivity index (χ1n) is 6.70. The number of hydrogen-bond donors (Lipinski definition) is 0. The second kappa shape index (κ2) is 6.60. The Bertz CT molecular complexity index is 439. The summed E-state index contributed by atoms with van der Waals surface area (Å²) in [5, 5.41) is 0. The van der Waals surface area contributed by atoms with Gasteiger partial charge in [0.1, 0.15) is 11.6 Å². The fourth-order valence-corrected chi connectivity index (χ4v) is 1.92. The number of carbonyl (C=O) groups excluding carboxylic acids is 3. The molecule has 2 amide bonds. The van der Waals surface area contributed by atoms with Crippen molar-refractivity contribution < 1.29 is 28.6 Å². The van der Waals surface area contributed by atoms with E-state index in [0.29, 0.717) is 0 Å². The molecule has 0 spiro atoms. The summed E-state index contributed by atoms with van der Waals surface area (Å²) in [6.45, 7) is 10.2. The molecule has 1 fully saturated rings. The molecule has 0 aromatic rings. The van der Waals surface area contributed by atoms with Gasteiger partial charge < -0.3 is 14.2 Å². The zero-order chi connectivity index (χ0) is 16.2. The Balaban J connectivity index is 2.97. The van der Waals surface area contributed by atoms with Crippen molar-refractivity contribution in [2.75, 3.05) is 6.61 Å². The van der Waals surface area contributed by atoms with E-state index in [0.717, 1.165) is 11.2 Å². The lowest BCUT2D eigenvalue weighted by Crippen LogP contribution is -2.46. The molecular weight excluding hydrogens is 278 g/mol. The van der Waals surface area contributed by atoms with Crippen LogP contribution in [-0.4, -0.2) is 47.2 Å². The van der Waals surface area contributed by atoms with E-state index >= 15 is 0 Å². The van der Waals surface area contributed by atoms with Crippen LogP contribution in [0.15, 0.2) is 12.8 Å². The summed E-state index contributed by atoms with van der Waals surface area (Å²) in [6.07, 6.45) is -0.711. The van der Waals surface area contributed by atoms with Gasteiger partial charge >= 0.3 is 12.1 Å². The van der Waals surface area contributed by atoms with E-state index in [1.54, 1.807) is 27.7 Å². The maximum absolute atomic E-state index is 12.2. The molecule has 0 radical (unpaired) electrons. The van der Waals surface area contributed by atoms with E-state index in [1.807, 2.05) is 0 Å². The quantitative estimate of drug-likeness (QED) is 0.579.